The van der Waals surface area contributed by atoms with E-state index in [1.54, 1.807) is 4.68 Å². The van der Waals surface area contributed by atoms with Crippen molar-refractivity contribution in [1.29, 1.82) is 0 Å². The first-order valence-electron chi connectivity index (χ1n) is 5.72. The van der Waals surface area contributed by atoms with Crippen LogP contribution in [0.15, 0.2) is 0 Å². The molecule has 6 heteroatoms. The highest BCUT2D eigenvalue weighted by atomic mass is 16.5. The summed E-state index contributed by atoms with van der Waals surface area (Å²) in [5.74, 6) is 0.268. The van der Waals surface area contributed by atoms with Crippen LogP contribution < -0.4 is 5.32 Å². The van der Waals surface area contributed by atoms with Gasteiger partial charge in [0.1, 0.15) is 0 Å². The number of aromatic nitrogens is 3. The Morgan fingerprint density at radius 2 is 2.24 bits per heavy atom. The van der Waals surface area contributed by atoms with Gasteiger partial charge in [0, 0.05) is 6.54 Å². The third kappa shape index (κ3) is 2.11. The van der Waals surface area contributed by atoms with Gasteiger partial charge in [-0.15, -0.1) is 5.10 Å². The van der Waals surface area contributed by atoms with Crippen LogP contribution in [0.1, 0.15) is 43.9 Å². The molecule has 1 atom stereocenters. The average molecular weight is 238 g/mol. The van der Waals surface area contributed by atoms with Crippen molar-refractivity contribution >= 4 is 11.9 Å². The van der Waals surface area contributed by atoms with Gasteiger partial charge in [-0.25, -0.2) is 9.48 Å². The highest BCUT2D eigenvalue weighted by Gasteiger charge is 2.33. The number of ether oxygens (including phenoxy) is 1. The lowest BCUT2D eigenvalue weighted by atomic mass is 9.84. The molecule has 2 heterocycles. The normalized spacial score (nSPS) is 19.4. The molecular formula is C11H18N4O2. The molecule has 2 rings (SSSR count). The lowest BCUT2D eigenvalue weighted by molar-refractivity contribution is 0.0585. The topological polar surface area (TPSA) is 69.0 Å². The van der Waals surface area contributed by atoms with Crippen molar-refractivity contribution in [2.45, 2.75) is 33.2 Å². The predicted octanol–water partition coefficient (Wildman–Crippen LogP) is 1.47. The van der Waals surface area contributed by atoms with Gasteiger partial charge in [0.05, 0.1) is 13.2 Å². The van der Waals surface area contributed by atoms with Crippen LogP contribution in [-0.4, -0.2) is 34.4 Å². The summed E-state index contributed by atoms with van der Waals surface area (Å²) in [6.45, 7) is 7.33. The predicted molar refractivity (Wildman–Crippen MR) is 63.0 cm³/mol. The van der Waals surface area contributed by atoms with Gasteiger partial charge in [-0.2, -0.15) is 4.98 Å². The minimum absolute atomic E-state index is 0.0813. The van der Waals surface area contributed by atoms with Crippen molar-refractivity contribution in [3.8, 4) is 0 Å². The summed E-state index contributed by atoms with van der Waals surface area (Å²) in [6, 6.07) is 0.240. The highest BCUT2D eigenvalue weighted by molar-refractivity contribution is 5.85. The Balaban J connectivity index is 2.38. The molecule has 1 aromatic heterocycles. The molecule has 0 bridgehead atoms. The standard InChI is InChI=1S/C11H18N4O2/c1-11(2,3)7-5-6-12-10-13-8(9(16)17-4)14-15(7)10/h7H,5-6H2,1-4H3,(H,12,13,14). The third-order valence-electron chi connectivity index (χ3n) is 3.00. The largest absolute Gasteiger partial charge is 0.463 e. The van der Waals surface area contributed by atoms with Crippen molar-refractivity contribution in [3.63, 3.8) is 0 Å². The van der Waals surface area contributed by atoms with E-state index in [0.717, 1.165) is 13.0 Å². The maximum Gasteiger partial charge on any atom is 0.378 e. The van der Waals surface area contributed by atoms with Crippen molar-refractivity contribution < 1.29 is 9.53 Å². The van der Waals surface area contributed by atoms with E-state index in [-0.39, 0.29) is 17.3 Å². The van der Waals surface area contributed by atoms with E-state index in [1.807, 2.05) is 0 Å². The first kappa shape index (κ1) is 11.9. The van der Waals surface area contributed by atoms with E-state index in [2.05, 4.69) is 40.9 Å². The molecule has 0 radical (unpaired) electrons. The number of fused-ring (bicyclic) bond motifs is 1. The summed E-state index contributed by atoms with van der Waals surface area (Å²) in [5.41, 5.74) is 0.0813. The van der Waals surface area contributed by atoms with Gasteiger partial charge in [0.25, 0.3) is 5.82 Å². The zero-order chi connectivity index (χ0) is 12.6. The Morgan fingerprint density at radius 1 is 1.53 bits per heavy atom. The molecule has 0 saturated heterocycles. The number of carbonyl (C=O) groups excluding carboxylic acids is 1. The van der Waals surface area contributed by atoms with Crippen LogP contribution in [0.5, 0.6) is 0 Å². The number of nitrogens with zero attached hydrogens (tertiary/aromatic N) is 3. The molecule has 94 valence electrons. The fraction of sp³-hybridized carbons (Fsp3) is 0.727. The second kappa shape index (κ2) is 4.01. The summed E-state index contributed by atoms with van der Waals surface area (Å²) in [5, 5.41) is 7.38. The smallest absolute Gasteiger partial charge is 0.378 e. The lowest BCUT2D eigenvalue weighted by Gasteiger charge is -2.34. The summed E-state index contributed by atoms with van der Waals surface area (Å²) in [6.07, 6.45) is 0.973. The second-order valence-corrected chi connectivity index (χ2v) is 5.29. The van der Waals surface area contributed by atoms with Gasteiger partial charge in [0.15, 0.2) is 0 Å². The zero-order valence-electron chi connectivity index (χ0n) is 10.6. The van der Waals surface area contributed by atoms with Crippen LogP contribution in [0.3, 0.4) is 0 Å². The van der Waals surface area contributed by atoms with Gasteiger partial charge < -0.3 is 10.1 Å². The molecule has 1 aliphatic heterocycles. The number of rotatable bonds is 1. The summed E-state index contributed by atoms with van der Waals surface area (Å²) in [7, 11) is 1.33. The average Bonchev–Trinajstić information content (AvgIpc) is 2.69. The van der Waals surface area contributed by atoms with Crippen molar-refractivity contribution in [3.05, 3.63) is 5.82 Å². The summed E-state index contributed by atoms with van der Waals surface area (Å²) >= 11 is 0. The number of nitrogens with one attached hydrogen (secondary N) is 1. The van der Waals surface area contributed by atoms with Crippen LogP contribution in [-0.2, 0) is 4.74 Å². The Bertz CT molecular complexity index is 433. The van der Waals surface area contributed by atoms with E-state index in [0.29, 0.717) is 5.95 Å². The molecule has 0 aliphatic carbocycles. The second-order valence-electron chi connectivity index (χ2n) is 5.29. The number of hydrogen-bond acceptors (Lipinski definition) is 5. The minimum atomic E-state index is -0.499. The van der Waals surface area contributed by atoms with Crippen LogP contribution in [0.4, 0.5) is 5.95 Å². The molecule has 1 N–H and O–H groups in total. The first-order chi connectivity index (χ1) is 7.93. The highest BCUT2D eigenvalue weighted by Crippen LogP contribution is 2.36. The van der Waals surface area contributed by atoms with E-state index in [1.165, 1.54) is 7.11 Å². The fourth-order valence-corrected chi connectivity index (χ4v) is 2.08. The Morgan fingerprint density at radius 3 is 2.82 bits per heavy atom. The quantitative estimate of drug-likeness (QED) is 0.750. The van der Waals surface area contributed by atoms with Gasteiger partial charge >= 0.3 is 5.97 Å². The van der Waals surface area contributed by atoms with E-state index in [9.17, 15) is 4.79 Å². The van der Waals surface area contributed by atoms with E-state index >= 15 is 0 Å². The van der Waals surface area contributed by atoms with Gasteiger partial charge in [-0.1, -0.05) is 20.8 Å². The number of methoxy groups -OCH3 is 1. The number of esters is 1. The van der Waals surface area contributed by atoms with E-state index in [4.69, 9.17) is 0 Å². The Kier molecular flexibility index (Phi) is 2.81. The van der Waals surface area contributed by atoms with Gasteiger partial charge in [0.2, 0.25) is 5.95 Å². The summed E-state index contributed by atoms with van der Waals surface area (Å²) < 4.78 is 6.43. The molecule has 0 aromatic carbocycles. The minimum Gasteiger partial charge on any atom is -0.463 e. The molecule has 0 amide bonds. The third-order valence-corrected chi connectivity index (χ3v) is 3.00. The fourth-order valence-electron chi connectivity index (χ4n) is 2.08. The molecular weight excluding hydrogens is 220 g/mol. The van der Waals surface area contributed by atoms with Crippen LogP contribution >= 0.6 is 0 Å². The van der Waals surface area contributed by atoms with E-state index < -0.39 is 5.97 Å². The molecule has 17 heavy (non-hydrogen) atoms. The monoisotopic (exact) mass is 238 g/mol. The molecule has 0 fully saturated rings. The lowest BCUT2D eigenvalue weighted by Crippen LogP contribution is -2.32. The Labute approximate surface area is 100 Å². The van der Waals surface area contributed by atoms with Crippen LogP contribution in [0.2, 0.25) is 0 Å². The molecule has 0 saturated carbocycles. The molecule has 1 unspecified atom stereocenters. The molecule has 6 nitrogen and oxygen atoms in total. The van der Waals surface area contributed by atoms with Crippen molar-refractivity contribution in [2.75, 3.05) is 19.0 Å². The van der Waals surface area contributed by atoms with Crippen molar-refractivity contribution in [1.82, 2.24) is 14.8 Å². The maximum absolute atomic E-state index is 11.4. The van der Waals surface area contributed by atoms with Crippen LogP contribution in [0.25, 0.3) is 0 Å². The number of carbonyl (C=O) groups is 1. The Hall–Kier alpha value is -1.59. The molecule has 0 spiro atoms. The first-order valence-corrected chi connectivity index (χ1v) is 5.72. The van der Waals surface area contributed by atoms with Gasteiger partial charge in [-0.3, -0.25) is 0 Å². The maximum atomic E-state index is 11.4. The van der Waals surface area contributed by atoms with Crippen LogP contribution in [0, 0.1) is 5.41 Å². The zero-order valence-corrected chi connectivity index (χ0v) is 10.6. The summed E-state index contributed by atoms with van der Waals surface area (Å²) in [4.78, 5) is 15.6. The number of anilines is 1. The van der Waals surface area contributed by atoms with Gasteiger partial charge in [-0.05, 0) is 11.8 Å². The van der Waals surface area contributed by atoms with Crippen molar-refractivity contribution in [2.24, 2.45) is 5.41 Å². The molecule has 1 aliphatic rings. The number of hydrogen-bond donors (Lipinski definition) is 1. The SMILES string of the molecule is COC(=O)c1nc2n(n1)C(C(C)(C)C)CCN2. The molecule has 1 aromatic rings.